The van der Waals surface area contributed by atoms with Gasteiger partial charge in [0.25, 0.3) is 0 Å². The summed E-state index contributed by atoms with van der Waals surface area (Å²) in [5.74, 6) is -3.63. The highest BCUT2D eigenvalue weighted by molar-refractivity contribution is 6.00. The van der Waals surface area contributed by atoms with Gasteiger partial charge >= 0.3 is 6.18 Å². The van der Waals surface area contributed by atoms with Crippen LogP contribution >= 0.6 is 0 Å². The van der Waals surface area contributed by atoms with Crippen LogP contribution in [0.2, 0.25) is 0 Å². The van der Waals surface area contributed by atoms with Gasteiger partial charge in [-0.1, -0.05) is 44.5 Å². The van der Waals surface area contributed by atoms with Crippen LogP contribution < -0.4 is 0 Å². The summed E-state index contributed by atoms with van der Waals surface area (Å²) in [4.78, 5) is 27.8. The van der Waals surface area contributed by atoms with E-state index in [1.165, 1.54) is 12.1 Å². The van der Waals surface area contributed by atoms with Crippen molar-refractivity contribution in [2.75, 3.05) is 0 Å². The number of benzene rings is 2. The molecule has 0 unspecified atom stereocenters. The topological polar surface area (TPSA) is 54.4 Å². The fraction of sp³-hybridized carbons (Fsp3) is 0.533. The number of carbonyl (C=O) groups excluding carboxylic acids is 2. The average molecular weight is 517 g/mol. The summed E-state index contributed by atoms with van der Waals surface area (Å²) in [5.41, 5.74) is -1.73. The molecule has 5 atom stereocenters. The third-order valence-corrected chi connectivity index (χ3v) is 9.45. The number of fused-ring (bicyclic) bond motifs is 1. The van der Waals surface area contributed by atoms with Gasteiger partial charge in [0.2, 0.25) is 0 Å². The molecular weight excluding hydrogens is 484 g/mol. The first-order valence-corrected chi connectivity index (χ1v) is 13.1. The van der Waals surface area contributed by atoms with Gasteiger partial charge in [0.1, 0.15) is 11.6 Å². The molecule has 0 saturated heterocycles. The van der Waals surface area contributed by atoms with E-state index in [-0.39, 0.29) is 35.0 Å². The third kappa shape index (κ3) is 4.43. The van der Waals surface area contributed by atoms with Gasteiger partial charge in [0.05, 0.1) is 17.1 Å². The molecule has 0 aliphatic heterocycles. The summed E-state index contributed by atoms with van der Waals surface area (Å²) in [6, 6.07) is 9.73. The quantitative estimate of drug-likeness (QED) is 0.352. The largest absolute Gasteiger partial charge is 0.416 e. The number of carbonyl (C=O) groups is 2. The van der Waals surface area contributed by atoms with Crippen molar-refractivity contribution in [1.29, 1.82) is 0 Å². The van der Waals surface area contributed by atoms with E-state index in [2.05, 4.69) is 0 Å². The molecule has 1 spiro atoms. The maximum Gasteiger partial charge on any atom is 0.416 e. The van der Waals surface area contributed by atoms with Gasteiger partial charge in [0, 0.05) is 23.8 Å². The van der Waals surface area contributed by atoms with Gasteiger partial charge in [-0.05, 0) is 72.8 Å². The lowest BCUT2D eigenvalue weighted by atomic mass is 9.46. The van der Waals surface area contributed by atoms with Gasteiger partial charge in [0.15, 0.2) is 5.78 Å². The SMILES string of the molecule is CC(C)[C@@]1(O)C[C@H]2CC3(CCC3)CC(=O)[C@@H]2[C@@H](c2ccc(F)cc2)[C@@H]1C(=O)c1ccc(C(F)(F)F)cc1. The van der Waals surface area contributed by atoms with Gasteiger partial charge in [-0.15, -0.1) is 0 Å². The van der Waals surface area contributed by atoms with Crippen LogP contribution in [0.5, 0.6) is 0 Å². The fourth-order valence-corrected chi connectivity index (χ4v) is 7.39. The summed E-state index contributed by atoms with van der Waals surface area (Å²) < 4.78 is 53.3. The second-order valence-corrected chi connectivity index (χ2v) is 11.8. The lowest BCUT2D eigenvalue weighted by molar-refractivity contribution is -0.158. The number of ketones is 2. The number of aliphatic hydroxyl groups is 1. The number of hydrogen-bond donors (Lipinski definition) is 1. The van der Waals surface area contributed by atoms with E-state index in [1.54, 1.807) is 12.1 Å². The van der Waals surface area contributed by atoms with Crippen LogP contribution in [0.25, 0.3) is 0 Å². The van der Waals surface area contributed by atoms with E-state index in [1.807, 2.05) is 13.8 Å². The number of hydrogen-bond acceptors (Lipinski definition) is 3. The minimum atomic E-state index is -4.54. The smallest absolute Gasteiger partial charge is 0.389 e. The summed E-state index contributed by atoms with van der Waals surface area (Å²) >= 11 is 0. The number of Topliss-reactive ketones (excluding diaryl/α,β-unsaturated/α-hetero) is 2. The Morgan fingerprint density at radius 1 is 0.973 bits per heavy atom. The Balaban J connectivity index is 1.63. The average Bonchev–Trinajstić information content (AvgIpc) is 2.81. The molecule has 0 radical (unpaired) electrons. The molecular formula is C30H32F4O3. The zero-order chi connectivity index (χ0) is 26.8. The molecule has 3 aliphatic carbocycles. The summed E-state index contributed by atoms with van der Waals surface area (Å²) in [6.07, 6.45) is 0.0208. The lowest BCUT2D eigenvalue weighted by Gasteiger charge is -2.58. The van der Waals surface area contributed by atoms with Crippen LogP contribution in [0, 0.1) is 34.9 Å². The Morgan fingerprint density at radius 2 is 1.59 bits per heavy atom. The van der Waals surface area contributed by atoms with Gasteiger partial charge in [-0.3, -0.25) is 9.59 Å². The highest BCUT2D eigenvalue weighted by atomic mass is 19.4. The van der Waals surface area contributed by atoms with Crippen molar-refractivity contribution >= 4 is 11.6 Å². The normalized spacial score (nSPS) is 31.2. The van der Waals surface area contributed by atoms with Crippen molar-refractivity contribution in [3.63, 3.8) is 0 Å². The Kier molecular flexibility index (Phi) is 6.37. The zero-order valence-electron chi connectivity index (χ0n) is 21.0. The molecule has 37 heavy (non-hydrogen) atoms. The molecule has 2 aromatic carbocycles. The zero-order valence-corrected chi connectivity index (χ0v) is 21.0. The van der Waals surface area contributed by atoms with E-state index in [4.69, 9.17) is 0 Å². The van der Waals surface area contributed by atoms with Crippen molar-refractivity contribution in [3.05, 3.63) is 71.0 Å². The van der Waals surface area contributed by atoms with E-state index in [0.29, 0.717) is 12.0 Å². The lowest BCUT2D eigenvalue weighted by Crippen LogP contribution is -2.60. The van der Waals surface area contributed by atoms with Crippen LogP contribution in [0.3, 0.4) is 0 Å². The molecule has 3 aliphatic rings. The molecule has 1 N–H and O–H groups in total. The number of halogens is 4. The predicted molar refractivity (Wildman–Crippen MR) is 130 cm³/mol. The number of alkyl halides is 3. The first kappa shape index (κ1) is 26.1. The second-order valence-electron chi connectivity index (χ2n) is 11.8. The highest BCUT2D eigenvalue weighted by Crippen LogP contribution is 2.62. The van der Waals surface area contributed by atoms with Crippen molar-refractivity contribution in [3.8, 4) is 0 Å². The summed E-state index contributed by atoms with van der Waals surface area (Å²) in [5, 5.41) is 12.2. The Bertz CT molecular complexity index is 1180. The van der Waals surface area contributed by atoms with Gasteiger partial charge < -0.3 is 5.11 Å². The summed E-state index contributed by atoms with van der Waals surface area (Å²) in [7, 11) is 0. The Hall–Kier alpha value is -2.54. The molecule has 3 nitrogen and oxygen atoms in total. The molecule has 0 aromatic heterocycles. The van der Waals surface area contributed by atoms with E-state index in [0.717, 1.165) is 49.9 Å². The molecule has 0 bridgehead atoms. The molecule has 0 amide bonds. The van der Waals surface area contributed by atoms with E-state index < -0.39 is 46.7 Å². The predicted octanol–water partition coefficient (Wildman–Crippen LogP) is 6.98. The van der Waals surface area contributed by atoms with Crippen LogP contribution in [-0.4, -0.2) is 22.3 Å². The first-order chi connectivity index (χ1) is 17.3. The first-order valence-electron chi connectivity index (χ1n) is 13.1. The molecule has 198 valence electrons. The Morgan fingerprint density at radius 3 is 2.11 bits per heavy atom. The standard InChI is InChI=1S/C30H32F4O3/c1-17(2)29(37)15-20-14-28(12-3-13-28)16-23(35)24(20)25(18-6-10-22(31)11-7-18)26(29)27(36)19-4-8-21(9-5-19)30(32,33)34/h4-11,17,20,24-26,37H,3,12-16H2,1-2H3/t20-,24-,25-,26-,29+/m1/s1. The molecule has 7 heteroatoms. The fourth-order valence-electron chi connectivity index (χ4n) is 7.39. The van der Waals surface area contributed by atoms with Crippen molar-refractivity contribution < 1.29 is 32.3 Å². The monoisotopic (exact) mass is 516 g/mol. The van der Waals surface area contributed by atoms with Crippen molar-refractivity contribution in [2.45, 2.75) is 70.1 Å². The minimum Gasteiger partial charge on any atom is -0.389 e. The molecule has 3 saturated carbocycles. The molecule has 0 heterocycles. The van der Waals surface area contributed by atoms with Gasteiger partial charge in [-0.25, -0.2) is 4.39 Å². The highest BCUT2D eigenvalue weighted by Gasteiger charge is 2.62. The van der Waals surface area contributed by atoms with Gasteiger partial charge in [-0.2, -0.15) is 13.2 Å². The van der Waals surface area contributed by atoms with E-state index >= 15 is 0 Å². The Labute approximate surface area is 214 Å². The third-order valence-electron chi connectivity index (χ3n) is 9.45. The molecule has 3 fully saturated rings. The summed E-state index contributed by atoms with van der Waals surface area (Å²) in [6.45, 7) is 3.66. The van der Waals surface area contributed by atoms with Crippen molar-refractivity contribution in [1.82, 2.24) is 0 Å². The van der Waals surface area contributed by atoms with Crippen LogP contribution in [0.15, 0.2) is 48.5 Å². The minimum absolute atomic E-state index is 0.0340. The van der Waals surface area contributed by atoms with Crippen LogP contribution in [-0.2, 0) is 11.0 Å². The molecule has 2 aromatic rings. The molecule has 5 rings (SSSR count). The van der Waals surface area contributed by atoms with Crippen LogP contribution in [0.1, 0.15) is 79.8 Å². The van der Waals surface area contributed by atoms with E-state index in [9.17, 15) is 32.3 Å². The number of rotatable bonds is 4. The second kappa shape index (κ2) is 9.04. The maximum absolute atomic E-state index is 14.1. The maximum atomic E-state index is 14.1. The van der Waals surface area contributed by atoms with Crippen molar-refractivity contribution in [2.24, 2.45) is 29.1 Å². The van der Waals surface area contributed by atoms with Crippen LogP contribution in [0.4, 0.5) is 17.6 Å².